The highest BCUT2D eigenvalue weighted by molar-refractivity contribution is 7.89. The maximum Gasteiger partial charge on any atom is 0.240 e. The Morgan fingerprint density at radius 1 is 1.20 bits per heavy atom. The molecule has 0 saturated heterocycles. The number of hydrogen-bond donors (Lipinski definition) is 2. The maximum atomic E-state index is 11.8. The van der Waals surface area contributed by atoms with E-state index in [2.05, 4.69) is 10.0 Å². The Kier molecular flexibility index (Phi) is 4.46. The molecule has 1 heterocycles. The molecule has 0 aliphatic carbocycles. The van der Waals surface area contributed by atoms with Crippen molar-refractivity contribution in [3.8, 4) is 0 Å². The van der Waals surface area contributed by atoms with Crippen molar-refractivity contribution in [2.45, 2.75) is 24.8 Å². The van der Waals surface area contributed by atoms with E-state index in [-0.39, 0.29) is 10.9 Å². The molecule has 1 aromatic heterocycles. The molecule has 0 amide bonds. The first-order chi connectivity index (χ1) is 9.53. The van der Waals surface area contributed by atoms with Crippen LogP contribution in [0.25, 0.3) is 0 Å². The Morgan fingerprint density at radius 2 is 1.90 bits per heavy atom. The number of rotatable bonds is 6. The van der Waals surface area contributed by atoms with E-state index in [1.54, 1.807) is 37.5 Å². The first-order valence-electron chi connectivity index (χ1n) is 6.42. The van der Waals surface area contributed by atoms with Gasteiger partial charge in [0.05, 0.1) is 17.2 Å². The zero-order chi connectivity index (χ0) is 14.6. The number of furan rings is 1. The summed E-state index contributed by atoms with van der Waals surface area (Å²) in [6.07, 6.45) is 1.62. The van der Waals surface area contributed by atoms with Crippen LogP contribution in [0.5, 0.6) is 0 Å². The highest BCUT2D eigenvalue weighted by Crippen LogP contribution is 2.20. The summed E-state index contributed by atoms with van der Waals surface area (Å²) in [4.78, 5) is 0.260. The lowest BCUT2D eigenvalue weighted by atomic mass is 10.2. The maximum absolute atomic E-state index is 11.8. The van der Waals surface area contributed by atoms with Gasteiger partial charge in [0.2, 0.25) is 10.0 Å². The molecule has 0 aliphatic rings. The normalized spacial score (nSPS) is 13.1. The molecule has 0 aliphatic heterocycles. The smallest absolute Gasteiger partial charge is 0.240 e. The van der Waals surface area contributed by atoms with Crippen molar-refractivity contribution in [1.82, 2.24) is 4.72 Å². The lowest BCUT2D eigenvalue weighted by Crippen LogP contribution is -2.23. The molecule has 1 aromatic carbocycles. The highest BCUT2D eigenvalue weighted by atomic mass is 32.2. The molecule has 108 valence electrons. The lowest BCUT2D eigenvalue weighted by molar-refractivity contribution is 0.490. The van der Waals surface area contributed by atoms with Gasteiger partial charge in [0, 0.05) is 12.2 Å². The van der Waals surface area contributed by atoms with Crippen molar-refractivity contribution in [3.05, 3.63) is 48.4 Å². The van der Waals surface area contributed by atoms with Crippen LogP contribution in [0.15, 0.2) is 52.0 Å². The molecule has 0 saturated carbocycles. The van der Waals surface area contributed by atoms with Crippen LogP contribution in [0.1, 0.15) is 25.6 Å². The summed E-state index contributed by atoms with van der Waals surface area (Å²) in [7, 11) is -3.40. The molecular weight excluding hydrogens is 276 g/mol. The second-order valence-corrected chi connectivity index (χ2v) is 6.17. The molecule has 0 fully saturated rings. The number of nitrogens with one attached hydrogen (secondary N) is 2. The Balaban J connectivity index is 2.09. The summed E-state index contributed by atoms with van der Waals surface area (Å²) in [6, 6.07) is 10.4. The molecule has 20 heavy (non-hydrogen) atoms. The lowest BCUT2D eigenvalue weighted by Gasteiger charge is -2.13. The zero-order valence-electron chi connectivity index (χ0n) is 11.5. The fourth-order valence-electron chi connectivity index (χ4n) is 1.86. The summed E-state index contributed by atoms with van der Waals surface area (Å²) in [5.41, 5.74) is 0.837. The van der Waals surface area contributed by atoms with Gasteiger partial charge in [-0.05, 0) is 43.3 Å². The largest absolute Gasteiger partial charge is 0.467 e. The van der Waals surface area contributed by atoms with Crippen LogP contribution in [-0.2, 0) is 10.0 Å². The first-order valence-corrected chi connectivity index (χ1v) is 7.91. The van der Waals surface area contributed by atoms with Gasteiger partial charge in [-0.2, -0.15) is 0 Å². The van der Waals surface area contributed by atoms with E-state index in [0.717, 1.165) is 11.4 Å². The summed E-state index contributed by atoms with van der Waals surface area (Å²) in [5.74, 6) is 0.828. The topological polar surface area (TPSA) is 71.3 Å². The van der Waals surface area contributed by atoms with Crippen LogP contribution in [0, 0.1) is 0 Å². The van der Waals surface area contributed by atoms with Gasteiger partial charge in [-0.25, -0.2) is 13.1 Å². The second kappa shape index (κ2) is 6.11. The molecule has 1 unspecified atom stereocenters. The SMILES string of the molecule is CCNS(=O)(=O)c1ccc(NC(C)c2ccco2)cc1. The number of benzene rings is 1. The second-order valence-electron chi connectivity index (χ2n) is 4.41. The van der Waals surface area contributed by atoms with Crippen molar-refractivity contribution in [1.29, 1.82) is 0 Å². The summed E-state index contributed by atoms with van der Waals surface area (Å²) < 4.78 is 31.4. The van der Waals surface area contributed by atoms with E-state index in [4.69, 9.17) is 4.42 Å². The van der Waals surface area contributed by atoms with E-state index >= 15 is 0 Å². The molecule has 0 radical (unpaired) electrons. The quantitative estimate of drug-likeness (QED) is 0.859. The van der Waals surface area contributed by atoms with Crippen molar-refractivity contribution >= 4 is 15.7 Å². The fraction of sp³-hybridized carbons (Fsp3) is 0.286. The van der Waals surface area contributed by atoms with Crippen molar-refractivity contribution in [2.75, 3.05) is 11.9 Å². The van der Waals surface area contributed by atoms with Crippen LogP contribution in [-0.4, -0.2) is 15.0 Å². The van der Waals surface area contributed by atoms with Gasteiger partial charge in [-0.3, -0.25) is 0 Å². The average Bonchev–Trinajstić information content (AvgIpc) is 2.93. The predicted octanol–water partition coefficient (Wildman–Crippen LogP) is 2.75. The Labute approximate surface area is 119 Å². The van der Waals surface area contributed by atoms with E-state index in [9.17, 15) is 8.42 Å². The van der Waals surface area contributed by atoms with E-state index in [0.29, 0.717) is 6.54 Å². The first kappa shape index (κ1) is 14.6. The third kappa shape index (κ3) is 3.40. The standard InChI is InChI=1S/C14H18N2O3S/c1-3-15-20(17,18)13-8-6-12(7-9-13)16-11(2)14-5-4-10-19-14/h4-11,15-16H,3H2,1-2H3. The van der Waals surface area contributed by atoms with Crippen LogP contribution in [0.2, 0.25) is 0 Å². The average molecular weight is 294 g/mol. The molecule has 2 N–H and O–H groups in total. The third-order valence-electron chi connectivity index (χ3n) is 2.85. The summed E-state index contributed by atoms with van der Waals surface area (Å²) in [5, 5.41) is 3.25. The van der Waals surface area contributed by atoms with Gasteiger partial charge < -0.3 is 9.73 Å². The molecule has 2 rings (SSSR count). The van der Waals surface area contributed by atoms with Crippen molar-refractivity contribution in [2.24, 2.45) is 0 Å². The van der Waals surface area contributed by atoms with Crippen molar-refractivity contribution < 1.29 is 12.8 Å². The minimum atomic E-state index is -3.40. The zero-order valence-corrected chi connectivity index (χ0v) is 12.3. The van der Waals surface area contributed by atoms with Gasteiger partial charge in [0.25, 0.3) is 0 Å². The van der Waals surface area contributed by atoms with Crippen LogP contribution < -0.4 is 10.0 Å². The van der Waals surface area contributed by atoms with Gasteiger partial charge >= 0.3 is 0 Å². The molecular formula is C14H18N2O3S. The number of anilines is 1. The Bertz CT molecular complexity index is 634. The fourth-order valence-corrected chi connectivity index (χ4v) is 2.90. The van der Waals surface area contributed by atoms with Crippen molar-refractivity contribution in [3.63, 3.8) is 0 Å². The van der Waals surface area contributed by atoms with Crippen LogP contribution in [0.4, 0.5) is 5.69 Å². The molecule has 6 heteroatoms. The van der Waals surface area contributed by atoms with E-state index in [1.165, 1.54) is 0 Å². The predicted molar refractivity (Wildman–Crippen MR) is 78.1 cm³/mol. The summed E-state index contributed by atoms with van der Waals surface area (Å²) in [6.45, 7) is 4.10. The van der Waals surface area contributed by atoms with E-state index in [1.807, 2.05) is 19.1 Å². The highest BCUT2D eigenvalue weighted by Gasteiger charge is 2.13. The Hall–Kier alpha value is -1.79. The van der Waals surface area contributed by atoms with Gasteiger partial charge in [0.15, 0.2) is 0 Å². The number of hydrogen-bond acceptors (Lipinski definition) is 4. The third-order valence-corrected chi connectivity index (χ3v) is 4.41. The van der Waals surface area contributed by atoms with Crippen LogP contribution in [0.3, 0.4) is 0 Å². The molecule has 1 atom stereocenters. The van der Waals surface area contributed by atoms with E-state index < -0.39 is 10.0 Å². The minimum Gasteiger partial charge on any atom is -0.467 e. The molecule has 0 bridgehead atoms. The van der Waals surface area contributed by atoms with Gasteiger partial charge in [0.1, 0.15) is 5.76 Å². The Morgan fingerprint density at radius 3 is 2.45 bits per heavy atom. The van der Waals surface area contributed by atoms with Gasteiger partial charge in [-0.15, -0.1) is 0 Å². The van der Waals surface area contributed by atoms with Gasteiger partial charge in [-0.1, -0.05) is 6.92 Å². The minimum absolute atomic E-state index is 0.0150. The molecule has 5 nitrogen and oxygen atoms in total. The molecule has 0 spiro atoms. The monoisotopic (exact) mass is 294 g/mol. The molecule has 2 aromatic rings. The number of sulfonamides is 1. The summed E-state index contributed by atoms with van der Waals surface area (Å²) >= 11 is 0. The van der Waals surface area contributed by atoms with Crippen LogP contribution >= 0.6 is 0 Å².